The fourth-order valence-electron chi connectivity index (χ4n) is 1.49. The van der Waals surface area contributed by atoms with Gasteiger partial charge in [0.1, 0.15) is 10.8 Å². The summed E-state index contributed by atoms with van der Waals surface area (Å²) in [4.78, 5) is 9.92. The van der Waals surface area contributed by atoms with Crippen LogP contribution >= 0.6 is 23.2 Å². The van der Waals surface area contributed by atoms with E-state index in [9.17, 15) is 0 Å². The fourth-order valence-corrected chi connectivity index (χ4v) is 1.83. The molecule has 0 aliphatic heterocycles. The molecule has 0 fully saturated rings. The Morgan fingerprint density at radius 1 is 1.41 bits per heavy atom. The molecule has 0 spiro atoms. The van der Waals surface area contributed by atoms with Gasteiger partial charge in [0.25, 0.3) is 0 Å². The molecule has 2 aromatic rings. The highest BCUT2D eigenvalue weighted by Crippen LogP contribution is 2.25. The standard InChI is InChI=1S/C11H11Cl2N3O/c1-2-16(7-8-4-3-5-17-8)10-9(12)6-14-11(13)15-10/h3-6H,2,7H2,1H3. The lowest BCUT2D eigenvalue weighted by molar-refractivity contribution is 0.503. The molecule has 2 rings (SSSR count). The molecule has 0 unspecified atom stereocenters. The van der Waals surface area contributed by atoms with Crippen LogP contribution in [0.1, 0.15) is 12.7 Å². The van der Waals surface area contributed by atoms with Crippen LogP contribution in [0.25, 0.3) is 0 Å². The number of furan rings is 1. The molecule has 2 aromatic heterocycles. The molecule has 6 heteroatoms. The third kappa shape index (κ3) is 2.90. The predicted molar refractivity (Wildman–Crippen MR) is 67.5 cm³/mol. The Balaban J connectivity index is 2.25. The van der Waals surface area contributed by atoms with Crippen molar-refractivity contribution in [3.05, 3.63) is 40.7 Å². The minimum Gasteiger partial charge on any atom is -0.467 e. The second-order valence-electron chi connectivity index (χ2n) is 3.40. The smallest absolute Gasteiger partial charge is 0.224 e. The fraction of sp³-hybridized carbons (Fsp3) is 0.273. The van der Waals surface area contributed by atoms with Crippen molar-refractivity contribution in [2.45, 2.75) is 13.5 Å². The zero-order valence-electron chi connectivity index (χ0n) is 9.23. The average Bonchev–Trinajstić information content (AvgIpc) is 2.82. The molecule has 0 amide bonds. The van der Waals surface area contributed by atoms with E-state index in [2.05, 4.69) is 9.97 Å². The molecule has 0 aromatic carbocycles. The number of hydrogen-bond acceptors (Lipinski definition) is 4. The van der Waals surface area contributed by atoms with Crippen LogP contribution in [0.5, 0.6) is 0 Å². The first-order valence-corrected chi connectivity index (χ1v) is 5.91. The van der Waals surface area contributed by atoms with Crippen molar-refractivity contribution in [3.63, 3.8) is 0 Å². The van der Waals surface area contributed by atoms with Gasteiger partial charge in [-0.3, -0.25) is 0 Å². The summed E-state index contributed by atoms with van der Waals surface area (Å²) in [5.41, 5.74) is 0. The van der Waals surface area contributed by atoms with E-state index in [1.807, 2.05) is 24.0 Å². The van der Waals surface area contributed by atoms with Crippen LogP contribution in [-0.2, 0) is 6.54 Å². The average molecular weight is 272 g/mol. The van der Waals surface area contributed by atoms with Gasteiger partial charge in [-0.05, 0) is 30.7 Å². The monoisotopic (exact) mass is 271 g/mol. The molecule has 0 radical (unpaired) electrons. The van der Waals surface area contributed by atoms with Crippen LogP contribution in [-0.4, -0.2) is 16.5 Å². The summed E-state index contributed by atoms with van der Waals surface area (Å²) >= 11 is 11.8. The first kappa shape index (κ1) is 12.2. The molecule has 90 valence electrons. The Morgan fingerprint density at radius 3 is 2.88 bits per heavy atom. The third-order valence-electron chi connectivity index (χ3n) is 2.30. The van der Waals surface area contributed by atoms with Gasteiger partial charge >= 0.3 is 0 Å². The normalized spacial score (nSPS) is 10.5. The topological polar surface area (TPSA) is 42.2 Å². The Hall–Kier alpha value is -1.26. The van der Waals surface area contributed by atoms with Gasteiger partial charge in [-0.2, -0.15) is 4.98 Å². The van der Waals surface area contributed by atoms with Gasteiger partial charge in [-0.1, -0.05) is 11.6 Å². The van der Waals surface area contributed by atoms with Crippen molar-refractivity contribution in [1.29, 1.82) is 0 Å². The molecule has 0 N–H and O–H groups in total. The van der Waals surface area contributed by atoms with Crippen LogP contribution in [0.2, 0.25) is 10.3 Å². The van der Waals surface area contributed by atoms with Gasteiger partial charge in [0.15, 0.2) is 5.82 Å². The summed E-state index contributed by atoms with van der Waals surface area (Å²) in [6.07, 6.45) is 3.13. The first-order chi connectivity index (χ1) is 8.20. The second-order valence-corrected chi connectivity index (χ2v) is 4.15. The van der Waals surface area contributed by atoms with E-state index in [1.54, 1.807) is 6.26 Å². The summed E-state index contributed by atoms with van der Waals surface area (Å²) in [7, 11) is 0. The van der Waals surface area contributed by atoms with E-state index in [0.717, 1.165) is 12.3 Å². The van der Waals surface area contributed by atoms with E-state index in [0.29, 0.717) is 17.4 Å². The lowest BCUT2D eigenvalue weighted by atomic mass is 10.4. The Bertz CT molecular complexity index is 487. The van der Waals surface area contributed by atoms with Gasteiger partial charge in [0, 0.05) is 6.54 Å². The zero-order chi connectivity index (χ0) is 12.3. The maximum atomic E-state index is 6.05. The van der Waals surface area contributed by atoms with Crippen LogP contribution in [0, 0.1) is 0 Å². The highest BCUT2D eigenvalue weighted by Gasteiger charge is 2.13. The molecule has 2 heterocycles. The Kier molecular flexibility index (Phi) is 3.86. The zero-order valence-corrected chi connectivity index (χ0v) is 10.7. The van der Waals surface area contributed by atoms with E-state index >= 15 is 0 Å². The van der Waals surface area contributed by atoms with E-state index in [1.165, 1.54) is 6.20 Å². The van der Waals surface area contributed by atoms with Crippen molar-refractivity contribution < 1.29 is 4.42 Å². The molecule has 0 aliphatic rings. The van der Waals surface area contributed by atoms with Crippen molar-refractivity contribution in [2.24, 2.45) is 0 Å². The number of aromatic nitrogens is 2. The highest BCUT2D eigenvalue weighted by atomic mass is 35.5. The summed E-state index contributed by atoms with van der Waals surface area (Å²) in [6, 6.07) is 3.75. The van der Waals surface area contributed by atoms with E-state index < -0.39 is 0 Å². The Labute approximate surface area is 109 Å². The van der Waals surface area contributed by atoms with Crippen molar-refractivity contribution in [3.8, 4) is 0 Å². The molecule has 4 nitrogen and oxygen atoms in total. The molecule has 0 saturated carbocycles. The number of anilines is 1. The maximum absolute atomic E-state index is 6.05. The Morgan fingerprint density at radius 2 is 2.24 bits per heavy atom. The number of nitrogens with zero attached hydrogens (tertiary/aromatic N) is 3. The summed E-state index contributed by atoms with van der Waals surface area (Å²) in [6.45, 7) is 3.35. The van der Waals surface area contributed by atoms with Gasteiger partial charge in [-0.25, -0.2) is 4.98 Å². The number of hydrogen-bond donors (Lipinski definition) is 0. The summed E-state index contributed by atoms with van der Waals surface area (Å²) in [5, 5.41) is 0.658. The maximum Gasteiger partial charge on any atom is 0.224 e. The molecule has 0 atom stereocenters. The molecular formula is C11H11Cl2N3O. The van der Waals surface area contributed by atoms with Crippen molar-refractivity contribution in [1.82, 2.24) is 9.97 Å². The van der Waals surface area contributed by atoms with Crippen LogP contribution in [0.15, 0.2) is 29.0 Å². The number of rotatable bonds is 4. The molecule has 17 heavy (non-hydrogen) atoms. The quantitative estimate of drug-likeness (QED) is 0.800. The van der Waals surface area contributed by atoms with Gasteiger partial charge in [0.2, 0.25) is 5.28 Å². The first-order valence-electron chi connectivity index (χ1n) is 5.16. The molecule has 0 saturated heterocycles. The molecule has 0 aliphatic carbocycles. The molecule has 0 bridgehead atoms. The van der Waals surface area contributed by atoms with Crippen molar-refractivity contribution in [2.75, 3.05) is 11.4 Å². The lowest BCUT2D eigenvalue weighted by Gasteiger charge is -2.21. The van der Waals surface area contributed by atoms with Crippen molar-refractivity contribution >= 4 is 29.0 Å². The summed E-state index contributed by atoms with van der Waals surface area (Å²) in [5.74, 6) is 1.46. The molecular weight excluding hydrogens is 261 g/mol. The van der Waals surface area contributed by atoms with E-state index in [-0.39, 0.29) is 5.28 Å². The minimum absolute atomic E-state index is 0.183. The lowest BCUT2D eigenvalue weighted by Crippen LogP contribution is -2.23. The number of halogens is 2. The second kappa shape index (κ2) is 5.38. The van der Waals surface area contributed by atoms with Crippen LogP contribution in [0.3, 0.4) is 0 Å². The highest BCUT2D eigenvalue weighted by molar-refractivity contribution is 6.33. The SMILES string of the molecule is CCN(Cc1ccco1)c1nc(Cl)ncc1Cl. The summed E-state index contributed by atoms with van der Waals surface area (Å²) < 4.78 is 5.30. The predicted octanol–water partition coefficient (Wildman–Crippen LogP) is 3.40. The van der Waals surface area contributed by atoms with E-state index in [4.69, 9.17) is 27.6 Å². The van der Waals surface area contributed by atoms with Gasteiger partial charge in [0.05, 0.1) is 19.0 Å². The van der Waals surface area contributed by atoms with Gasteiger partial charge in [-0.15, -0.1) is 0 Å². The van der Waals surface area contributed by atoms with Crippen LogP contribution < -0.4 is 4.90 Å². The minimum atomic E-state index is 0.183. The van der Waals surface area contributed by atoms with Gasteiger partial charge < -0.3 is 9.32 Å². The third-order valence-corrected chi connectivity index (χ3v) is 2.75. The largest absolute Gasteiger partial charge is 0.467 e. The van der Waals surface area contributed by atoms with Crippen LogP contribution in [0.4, 0.5) is 5.82 Å².